The maximum atomic E-state index is 14.5. The number of methoxy groups -OCH3 is 1. The number of rotatable bonds is 5. The smallest absolute Gasteiger partial charge is 0.239 e. The molecule has 2 amide bonds. The highest BCUT2D eigenvalue weighted by molar-refractivity contribution is 6.34. The lowest BCUT2D eigenvalue weighted by Crippen LogP contribution is -2.41. The lowest BCUT2D eigenvalue weighted by molar-refractivity contribution is -0.134. The SMILES string of the molecule is CC[C@@]12C(=O)[C@@](C)(C(c3ccccc3)=C1c1ccccc1)[C@@H]1C(=O)N(c3ccc(OC)cc3)C(=O)[C@H]12. The van der Waals surface area contributed by atoms with Crippen molar-refractivity contribution in [3.63, 3.8) is 0 Å². The third-order valence-electron chi connectivity index (χ3n) is 8.56. The summed E-state index contributed by atoms with van der Waals surface area (Å²) in [6.45, 7) is 3.84. The van der Waals surface area contributed by atoms with Crippen LogP contribution in [0.15, 0.2) is 84.9 Å². The molecule has 1 aliphatic heterocycles. The molecule has 2 bridgehead atoms. The summed E-state index contributed by atoms with van der Waals surface area (Å²) in [4.78, 5) is 43.9. The Morgan fingerprint density at radius 3 is 1.81 bits per heavy atom. The number of amides is 2. The average molecular weight is 478 g/mol. The molecule has 2 aliphatic carbocycles. The highest BCUT2D eigenvalue weighted by atomic mass is 16.5. The molecule has 1 heterocycles. The molecule has 2 fully saturated rings. The second-order valence-corrected chi connectivity index (χ2v) is 10.0. The minimum atomic E-state index is -1.11. The van der Waals surface area contributed by atoms with Crippen LogP contribution in [0, 0.1) is 22.7 Å². The van der Waals surface area contributed by atoms with E-state index in [1.54, 1.807) is 31.4 Å². The molecule has 0 unspecified atom stereocenters. The molecule has 3 aromatic rings. The minimum absolute atomic E-state index is 0.0127. The van der Waals surface area contributed by atoms with Gasteiger partial charge in [0.2, 0.25) is 11.8 Å². The Hall–Kier alpha value is -3.99. The standard InChI is InChI=1S/C31H27NO4/c1-4-31-24(20-13-9-6-10-14-20)23(19-11-7-5-8-12-19)30(2,29(31)35)25-26(31)28(34)32(27(25)33)21-15-17-22(36-3)18-16-21/h5-18,25-26H,4H2,1-3H3/t25-,26-,30-,31+/m0/s1. The zero-order valence-electron chi connectivity index (χ0n) is 20.5. The number of carbonyl (C=O) groups is 3. The van der Waals surface area contributed by atoms with E-state index in [4.69, 9.17) is 4.74 Å². The number of benzene rings is 3. The van der Waals surface area contributed by atoms with E-state index < -0.39 is 22.7 Å². The molecule has 5 heteroatoms. The fraction of sp³-hybridized carbons (Fsp3) is 0.258. The van der Waals surface area contributed by atoms with Gasteiger partial charge in [0.1, 0.15) is 5.75 Å². The Bertz CT molecular complexity index is 1430. The molecule has 36 heavy (non-hydrogen) atoms. The van der Waals surface area contributed by atoms with Gasteiger partial charge in [-0.3, -0.25) is 14.4 Å². The van der Waals surface area contributed by atoms with Gasteiger partial charge in [-0.25, -0.2) is 4.90 Å². The molecule has 5 nitrogen and oxygen atoms in total. The number of ketones is 1. The summed E-state index contributed by atoms with van der Waals surface area (Å²) < 4.78 is 5.25. The van der Waals surface area contributed by atoms with Crippen LogP contribution in [-0.4, -0.2) is 24.7 Å². The maximum Gasteiger partial charge on any atom is 0.239 e. The Kier molecular flexibility index (Phi) is 4.84. The van der Waals surface area contributed by atoms with E-state index in [0.29, 0.717) is 17.9 Å². The van der Waals surface area contributed by atoms with Gasteiger partial charge in [-0.2, -0.15) is 0 Å². The molecule has 3 aliphatic rings. The fourth-order valence-corrected chi connectivity index (χ4v) is 7.11. The second-order valence-electron chi connectivity index (χ2n) is 10.0. The topological polar surface area (TPSA) is 63.7 Å². The third kappa shape index (κ3) is 2.58. The van der Waals surface area contributed by atoms with Crippen LogP contribution in [0.1, 0.15) is 31.4 Å². The normalized spacial score (nSPS) is 28.8. The van der Waals surface area contributed by atoms with Gasteiger partial charge in [0.25, 0.3) is 0 Å². The zero-order chi connectivity index (χ0) is 25.2. The third-order valence-corrected chi connectivity index (χ3v) is 8.56. The highest BCUT2D eigenvalue weighted by Crippen LogP contribution is 2.74. The van der Waals surface area contributed by atoms with E-state index in [2.05, 4.69) is 0 Å². The minimum Gasteiger partial charge on any atom is -0.497 e. The quantitative estimate of drug-likeness (QED) is 0.461. The second kappa shape index (κ2) is 7.76. The molecule has 180 valence electrons. The number of Topliss-reactive ketones (excluding diaryl/α,β-unsaturated/α-hetero) is 1. The zero-order valence-corrected chi connectivity index (χ0v) is 20.5. The number of anilines is 1. The van der Waals surface area contributed by atoms with Gasteiger partial charge < -0.3 is 4.74 Å². The van der Waals surface area contributed by atoms with Crippen molar-refractivity contribution in [2.75, 3.05) is 12.0 Å². The molecule has 0 aromatic heterocycles. The van der Waals surface area contributed by atoms with Gasteiger partial charge in [0.05, 0.1) is 35.5 Å². The molecule has 3 aromatic carbocycles. The Balaban J connectivity index is 1.61. The van der Waals surface area contributed by atoms with Crippen LogP contribution in [0.3, 0.4) is 0 Å². The predicted octanol–water partition coefficient (Wildman–Crippen LogP) is 5.41. The Labute approximate surface area is 210 Å². The van der Waals surface area contributed by atoms with Crippen molar-refractivity contribution in [1.29, 1.82) is 0 Å². The summed E-state index contributed by atoms with van der Waals surface area (Å²) >= 11 is 0. The van der Waals surface area contributed by atoms with Gasteiger partial charge >= 0.3 is 0 Å². The first-order valence-electron chi connectivity index (χ1n) is 12.3. The van der Waals surface area contributed by atoms with Crippen molar-refractivity contribution < 1.29 is 19.1 Å². The molecular weight excluding hydrogens is 450 g/mol. The average Bonchev–Trinajstić information content (AvgIpc) is 3.39. The van der Waals surface area contributed by atoms with Gasteiger partial charge in [-0.05, 0) is 59.9 Å². The molecule has 0 radical (unpaired) electrons. The predicted molar refractivity (Wildman–Crippen MR) is 138 cm³/mol. The molecule has 1 saturated heterocycles. The first-order chi connectivity index (χ1) is 17.4. The number of hydrogen-bond acceptors (Lipinski definition) is 4. The summed E-state index contributed by atoms with van der Waals surface area (Å²) in [6.07, 6.45) is 0.443. The van der Waals surface area contributed by atoms with E-state index in [-0.39, 0.29) is 17.6 Å². The van der Waals surface area contributed by atoms with Crippen LogP contribution in [0.2, 0.25) is 0 Å². The lowest BCUT2D eigenvalue weighted by Gasteiger charge is -2.37. The largest absolute Gasteiger partial charge is 0.497 e. The maximum absolute atomic E-state index is 14.5. The monoisotopic (exact) mass is 477 g/mol. The van der Waals surface area contributed by atoms with Crippen molar-refractivity contribution in [3.8, 4) is 5.75 Å². The number of fused-ring (bicyclic) bond motifs is 5. The van der Waals surface area contributed by atoms with Gasteiger partial charge in [-0.15, -0.1) is 0 Å². The van der Waals surface area contributed by atoms with Crippen molar-refractivity contribution in [3.05, 3.63) is 96.1 Å². The first kappa shape index (κ1) is 22.5. The molecule has 0 N–H and O–H groups in total. The molecule has 6 rings (SSSR count). The molecule has 0 spiro atoms. The number of allylic oxidation sites excluding steroid dienone is 2. The number of carbonyl (C=O) groups excluding carboxylic acids is 3. The summed E-state index contributed by atoms with van der Waals surface area (Å²) in [7, 11) is 1.57. The molecular formula is C31H27NO4. The van der Waals surface area contributed by atoms with Crippen LogP contribution in [0.5, 0.6) is 5.75 Å². The van der Waals surface area contributed by atoms with Crippen LogP contribution in [0.25, 0.3) is 11.1 Å². The van der Waals surface area contributed by atoms with Crippen molar-refractivity contribution in [2.45, 2.75) is 20.3 Å². The van der Waals surface area contributed by atoms with Crippen LogP contribution in [-0.2, 0) is 14.4 Å². The van der Waals surface area contributed by atoms with E-state index in [9.17, 15) is 14.4 Å². The number of hydrogen-bond donors (Lipinski definition) is 0. The van der Waals surface area contributed by atoms with Crippen molar-refractivity contribution >= 4 is 34.4 Å². The lowest BCUT2D eigenvalue weighted by atomic mass is 9.62. The number of ether oxygens (including phenoxy) is 1. The van der Waals surface area contributed by atoms with Crippen LogP contribution < -0.4 is 9.64 Å². The molecule has 1 saturated carbocycles. The van der Waals surface area contributed by atoms with E-state index in [0.717, 1.165) is 22.3 Å². The first-order valence-corrected chi connectivity index (χ1v) is 12.3. The highest BCUT2D eigenvalue weighted by Gasteiger charge is 2.79. The number of imide groups is 1. The van der Waals surface area contributed by atoms with E-state index in [1.165, 1.54) is 4.90 Å². The van der Waals surface area contributed by atoms with Crippen LogP contribution >= 0.6 is 0 Å². The van der Waals surface area contributed by atoms with Gasteiger partial charge in [0.15, 0.2) is 5.78 Å². The molecule has 4 atom stereocenters. The Morgan fingerprint density at radius 2 is 1.28 bits per heavy atom. The number of nitrogens with zero attached hydrogens (tertiary/aromatic N) is 1. The van der Waals surface area contributed by atoms with Crippen molar-refractivity contribution in [1.82, 2.24) is 0 Å². The Morgan fingerprint density at radius 1 is 0.750 bits per heavy atom. The summed E-state index contributed by atoms with van der Waals surface area (Å²) in [5, 5.41) is 0. The van der Waals surface area contributed by atoms with E-state index in [1.807, 2.05) is 74.5 Å². The van der Waals surface area contributed by atoms with Crippen LogP contribution in [0.4, 0.5) is 5.69 Å². The summed E-state index contributed by atoms with van der Waals surface area (Å²) in [6, 6.07) is 26.6. The van der Waals surface area contributed by atoms with E-state index >= 15 is 0 Å². The fourth-order valence-electron chi connectivity index (χ4n) is 7.11. The van der Waals surface area contributed by atoms with Crippen molar-refractivity contribution in [2.24, 2.45) is 22.7 Å². The summed E-state index contributed by atoms with van der Waals surface area (Å²) in [5.74, 6) is -1.46. The van der Waals surface area contributed by atoms with Gasteiger partial charge in [0, 0.05) is 0 Å². The summed E-state index contributed by atoms with van der Waals surface area (Å²) in [5.41, 5.74) is 1.94. The van der Waals surface area contributed by atoms with Gasteiger partial charge in [-0.1, -0.05) is 67.6 Å².